The maximum absolute atomic E-state index is 9.29. The second kappa shape index (κ2) is 6.33. The highest BCUT2D eigenvalue weighted by atomic mass is 79.9. The second-order valence-electron chi connectivity index (χ2n) is 3.72. The fraction of sp³-hybridized carbons (Fsp3) is 0.0714. The Labute approximate surface area is 129 Å². The molecule has 2 aromatic rings. The molecule has 0 aliphatic carbocycles. The summed E-state index contributed by atoms with van der Waals surface area (Å²) in [6.45, 7) is 0. The van der Waals surface area contributed by atoms with E-state index in [1.165, 1.54) is 0 Å². The fourth-order valence-corrected chi connectivity index (χ4v) is 2.78. The van der Waals surface area contributed by atoms with Crippen molar-refractivity contribution in [3.8, 4) is 6.07 Å². The molecule has 0 bridgehead atoms. The summed E-state index contributed by atoms with van der Waals surface area (Å²) >= 11 is 11.0. The van der Waals surface area contributed by atoms with Gasteiger partial charge in [-0.25, -0.2) is 0 Å². The van der Waals surface area contributed by atoms with Gasteiger partial charge in [0.25, 0.3) is 0 Å². The molecule has 0 saturated carbocycles. The van der Waals surface area contributed by atoms with E-state index < -0.39 is 0 Å². The predicted octanol–water partition coefficient (Wildman–Crippen LogP) is 5.44. The number of hydrogen-bond acceptors (Lipinski definition) is 3. The molecular weight excluding hydrogens is 344 g/mol. The SMILES string of the molecule is CSc1cccc(Nc2cccc(Cl)c2Br)c1C#N. The molecule has 0 unspecified atom stereocenters. The molecule has 1 N–H and O–H groups in total. The van der Waals surface area contributed by atoms with Gasteiger partial charge in [0.2, 0.25) is 0 Å². The van der Waals surface area contributed by atoms with Gasteiger partial charge in [0.05, 0.1) is 26.4 Å². The lowest BCUT2D eigenvalue weighted by molar-refractivity contribution is 1.35. The van der Waals surface area contributed by atoms with Gasteiger partial charge in [-0.3, -0.25) is 0 Å². The molecular formula is C14H10BrClN2S. The Balaban J connectivity index is 2.44. The van der Waals surface area contributed by atoms with Crippen LogP contribution >= 0.6 is 39.3 Å². The Morgan fingerprint density at radius 2 is 1.89 bits per heavy atom. The summed E-state index contributed by atoms with van der Waals surface area (Å²) in [5, 5.41) is 13.2. The van der Waals surface area contributed by atoms with Crippen molar-refractivity contribution in [2.75, 3.05) is 11.6 Å². The monoisotopic (exact) mass is 352 g/mol. The zero-order chi connectivity index (χ0) is 13.8. The highest BCUT2D eigenvalue weighted by Gasteiger charge is 2.10. The van der Waals surface area contributed by atoms with Crippen LogP contribution in [0.3, 0.4) is 0 Å². The van der Waals surface area contributed by atoms with Crippen LogP contribution in [0, 0.1) is 11.3 Å². The minimum absolute atomic E-state index is 0.629. The number of rotatable bonds is 3. The average Bonchev–Trinajstić information content (AvgIpc) is 2.43. The minimum Gasteiger partial charge on any atom is -0.353 e. The van der Waals surface area contributed by atoms with E-state index in [4.69, 9.17) is 11.6 Å². The van der Waals surface area contributed by atoms with Crippen molar-refractivity contribution in [2.24, 2.45) is 0 Å². The first-order valence-electron chi connectivity index (χ1n) is 5.45. The molecule has 96 valence electrons. The van der Waals surface area contributed by atoms with Crippen LogP contribution in [0.2, 0.25) is 5.02 Å². The molecule has 2 rings (SSSR count). The van der Waals surface area contributed by atoms with Crippen molar-refractivity contribution >= 4 is 50.7 Å². The van der Waals surface area contributed by atoms with E-state index in [0.29, 0.717) is 10.6 Å². The van der Waals surface area contributed by atoms with Gasteiger partial charge in [-0.2, -0.15) is 5.26 Å². The number of nitrogens with one attached hydrogen (secondary N) is 1. The molecule has 0 fully saturated rings. The van der Waals surface area contributed by atoms with Crippen LogP contribution in [0.5, 0.6) is 0 Å². The third kappa shape index (κ3) is 3.06. The molecule has 5 heteroatoms. The topological polar surface area (TPSA) is 35.8 Å². The molecule has 0 aromatic heterocycles. The lowest BCUT2D eigenvalue weighted by Crippen LogP contribution is -1.96. The Kier molecular flexibility index (Phi) is 4.76. The van der Waals surface area contributed by atoms with Crippen LogP contribution in [-0.4, -0.2) is 6.26 Å². The van der Waals surface area contributed by atoms with Gasteiger partial charge in [-0.1, -0.05) is 23.7 Å². The van der Waals surface area contributed by atoms with E-state index in [1.807, 2.05) is 36.6 Å². The number of anilines is 2. The van der Waals surface area contributed by atoms with Gasteiger partial charge in [0.15, 0.2) is 0 Å². The summed E-state index contributed by atoms with van der Waals surface area (Å²) in [6, 6.07) is 13.5. The van der Waals surface area contributed by atoms with Crippen molar-refractivity contribution in [2.45, 2.75) is 4.90 Å². The first-order valence-corrected chi connectivity index (χ1v) is 7.85. The van der Waals surface area contributed by atoms with Gasteiger partial charge in [-0.15, -0.1) is 11.8 Å². The zero-order valence-electron chi connectivity index (χ0n) is 10.1. The molecule has 2 aromatic carbocycles. The molecule has 0 saturated heterocycles. The van der Waals surface area contributed by atoms with E-state index in [2.05, 4.69) is 27.3 Å². The lowest BCUT2D eigenvalue weighted by Gasteiger charge is -2.12. The molecule has 0 aliphatic heterocycles. The quantitative estimate of drug-likeness (QED) is 0.746. The smallest absolute Gasteiger partial charge is 0.103 e. The maximum atomic E-state index is 9.29. The minimum atomic E-state index is 0.629. The Morgan fingerprint density at radius 1 is 1.21 bits per heavy atom. The van der Waals surface area contributed by atoms with E-state index >= 15 is 0 Å². The van der Waals surface area contributed by atoms with Gasteiger partial charge in [0.1, 0.15) is 6.07 Å². The van der Waals surface area contributed by atoms with Gasteiger partial charge >= 0.3 is 0 Å². The molecule has 0 heterocycles. The highest BCUT2D eigenvalue weighted by Crippen LogP contribution is 2.34. The molecule has 0 radical (unpaired) electrons. The van der Waals surface area contributed by atoms with Crippen molar-refractivity contribution in [3.05, 3.63) is 51.5 Å². The van der Waals surface area contributed by atoms with Crippen LogP contribution in [0.25, 0.3) is 0 Å². The van der Waals surface area contributed by atoms with Crippen molar-refractivity contribution in [1.29, 1.82) is 5.26 Å². The van der Waals surface area contributed by atoms with Crippen molar-refractivity contribution in [1.82, 2.24) is 0 Å². The summed E-state index contributed by atoms with van der Waals surface area (Å²) in [7, 11) is 0. The van der Waals surface area contributed by atoms with Crippen LogP contribution in [0.15, 0.2) is 45.8 Å². The maximum Gasteiger partial charge on any atom is 0.103 e. The summed E-state index contributed by atoms with van der Waals surface area (Å²) in [4.78, 5) is 0.950. The zero-order valence-corrected chi connectivity index (χ0v) is 13.2. The third-order valence-corrected chi connectivity index (χ3v) is 4.76. The predicted molar refractivity (Wildman–Crippen MR) is 85.4 cm³/mol. The van der Waals surface area contributed by atoms with Crippen LogP contribution in [0.1, 0.15) is 5.56 Å². The Morgan fingerprint density at radius 3 is 2.58 bits per heavy atom. The molecule has 19 heavy (non-hydrogen) atoms. The number of nitrogens with zero attached hydrogens (tertiary/aromatic N) is 1. The number of hydrogen-bond donors (Lipinski definition) is 1. The Bertz CT molecular complexity index is 652. The number of benzene rings is 2. The highest BCUT2D eigenvalue weighted by molar-refractivity contribution is 9.10. The molecule has 0 spiro atoms. The van der Waals surface area contributed by atoms with Gasteiger partial charge < -0.3 is 5.32 Å². The summed E-state index contributed by atoms with van der Waals surface area (Å²) in [5.41, 5.74) is 2.25. The van der Waals surface area contributed by atoms with Crippen LogP contribution < -0.4 is 5.32 Å². The van der Waals surface area contributed by atoms with Gasteiger partial charge in [-0.05, 0) is 46.5 Å². The summed E-state index contributed by atoms with van der Waals surface area (Å²) in [6.07, 6.45) is 1.95. The van der Waals surface area contributed by atoms with E-state index in [9.17, 15) is 5.26 Å². The van der Waals surface area contributed by atoms with Crippen molar-refractivity contribution in [3.63, 3.8) is 0 Å². The number of nitriles is 1. The standard InChI is InChI=1S/C14H10BrClN2S/c1-19-13-7-3-5-11(9(13)8-17)18-12-6-2-4-10(16)14(12)15/h2-7,18H,1H3. The normalized spacial score (nSPS) is 10.0. The van der Waals surface area contributed by atoms with Crippen LogP contribution in [-0.2, 0) is 0 Å². The van der Waals surface area contributed by atoms with Crippen LogP contribution in [0.4, 0.5) is 11.4 Å². The number of halogens is 2. The molecule has 2 nitrogen and oxygen atoms in total. The van der Waals surface area contributed by atoms with E-state index in [0.717, 1.165) is 20.7 Å². The summed E-state index contributed by atoms with van der Waals surface area (Å²) < 4.78 is 0.787. The van der Waals surface area contributed by atoms with E-state index in [-0.39, 0.29) is 0 Å². The lowest BCUT2D eigenvalue weighted by atomic mass is 10.2. The second-order valence-corrected chi connectivity index (χ2v) is 5.77. The largest absolute Gasteiger partial charge is 0.353 e. The van der Waals surface area contributed by atoms with Crippen molar-refractivity contribution < 1.29 is 0 Å². The summed E-state index contributed by atoms with van der Waals surface area (Å²) in [5.74, 6) is 0. The average molecular weight is 354 g/mol. The molecule has 0 aliphatic rings. The number of thioether (sulfide) groups is 1. The molecule has 0 amide bonds. The molecule has 0 atom stereocenters. The van der Waals surface area contributed by atoms with E-state index in [1.54, 1.807) is 17.8 Å². The Hall–Kier alpha value is -1.15. The fourth-order valence-electron chi connectivity index (χ4n) is 1.67. The third-order valence-electron chi connectivity index (χ3n) is 2.58. The first-order chi connectivity index (χ1) is 9.17. The van der Waals surface area contributed by atoms with Gasteiger partial charge in [0, 0.05) is 4.90 Å². The first kappa shape index (κ1) is 14.3.